The molecule has 102 valence electrons. The van der Waals surface area contributed by atoms with Crippen molar-refractivity contribution in [2.75, 3.05) is 18.1 Å². The lowest BCUT2D eigenvalue weighted by atomic mass is 10.5. The van der Waals surface area contributed by atoms with Gasteiger partial charge in [-0.05, 0) is 0 Å². The standard InChI is InChI=1S/C6H9F4NO4S2/c7-6(8,9)2-1-4-16(12,13)5-3-11-17(10,14)15/h1-2,11H,3-5H2. The fourth-order valence-electron chi connectivity index (χ4n) is 0.731. The minimum absolute atomic E-state index is 0.246. The fourth-order valence-corrected chi connectivity index (χ4v) is 2.18. The van der Waals surface area contributed by atoms with E-state index in [9.17, 15) is 33.9 Å². The number of allylic oxidation sites excluding steroid dienone is 1. The highest BCUT2D eigenvalue weighted by atomic mass is 32.3. The first-order valence-electron chi connectivity index (χ1n) is 4.05. The molecule has 0 spiro atoms. The number of alkyl halides is 3. The monoisotopic (exact) mass is 299 g/mol. The molecular weight excluding hydrogens is 290 g/mol. The van der Waals surface area contributed by atoms with Crippen LogP contribution in [0.2, 0.25) is 0 Å². The van der Waals surface area contributed by atoms with E-state index < -0.39 is 44.5 Å². The second kappa shape index (κ2) is 5.78. The molecule has 0 saturated carbocycles. The van der Waals surface area contributed by atoms with Crippen molar-refractivity contribution in [3.05, 3.63) is 12.2 Å². The summed E-state index contributed by atoms with van der Waals surface area (Å²) in [7, 11) is -8.91. The molecule has 11 heteroatoms. The van der Waals surface area contributed by atoms with Crippen LogP contribution in [0.1, 0.15) is 0 Å². The van der Waals surface area contributed by atoms with Gasteiger partial charge in [0, 0.05) is 12.6 Å². The average Bonchev–Trinajstić information content (AvgIpc) is 1.96. The first kappa shape index (κ1) is 16.3. The van der Waals surface area contributed by atoms with E-state index in [1.807, 2.05) is 0 Å². The molecule has 0 radical (unpaired) electrons. The molecule has 0 saturated heterocycles. The van der Waals surface area contributed by atoms with E-state index in [2.05, 4.69) is 0 Å². The number of halogens is 4. The van der Waals surface area contributed by atoms with E-state index in [4.69, 9.17) is 0 Å². The number of hydrogen-bond donors (Lipinski definition) is 1. The second-order valence-electron chi connectivity index (χ2n) is 2.89. The number of sulfone groups is 1. The fraction of sp³-hybridized carbons (Fsp3) is 0.667. The van der Waals surface area contributed by atoms with E-state index in [0.717, 1.165) is 0 Å². The predicted octanol–water partition coefficient (Wildman–Crippen LogP) is 0.324. The van der Waals surface area contributed by atoms with Crippen molar-refractivity contribution in [3.63, 3.8) is 0 Å². The van der Waals surface area contributed by atoms with Crippen LogP contribution >= 0.6 is 0 Å². The number of hydrogen-bond acceptors (Lipinski definition) is 4. The molecule has 0 aliphatic carbocycles. The lowest BCUT2D eigenvalue weighted by Gasteiger charge is -2.01. The molecule has 0 amide bonds. The molecule has 5 nitrogen and oxygen atoms in total. The van der Waals surface area contributed by atoms with Crippen molar-refractivity contribution in [3.8, 4) is 0 Å². The van der Waals surface area contributed by atoms with Crippen LogP contribution in [0.15, 0.2) is 12.2 Å². The van der Waals surface area contributed by atoms with Gasteiger partial charge in [-0.2, -0.15) is 26.3 Å². The Balaban J connectivity index is 4.20. The summed E-state index contributed by atoms with van der Waals surface area (Å²) in [6, 6.07) is 0. The number of nitrogens with one attached hydrogen (secondary N) is 1. The molecule has 0 unspecified atom stereocenters. The predicted molar refractivity (Wildman–Crippen MR) is 51.9 cm³/mol. The van der Waals surface area contributed by atoms with Gasteiger partial charge in [-0.25, -0.2) is 8.42 Å². The lowest BCUT2D eigenvalue weighted by molar-refractivity contribution is -0.0799. The van der Waals surface area contributed by atoms with E-state index in [1.165, 1.54) is 4.72 Å². The first-order chi connectivity index (χ1) is 7.41. The summed E-state index contributed by atoms with van der Waals surface area (Å²) < 4.78 is 89.9. The van der Waals surface area contributed by atoms with E-state index in [1.54, 1.807) is 0 Å². The van der Waals surface area contributed by atoms with Gasteiger partial charge in [-0.15, -0.1) is 0 Å². The quantitative estimate of drug-likeness (QED) is 0.435. The third kappa shape index (κ3) is 11.6. The Labute approximate surface area is 95.8 Å². The van der Waals surface area contributed by atoms with Gasteiger partial charge in [-0.1, -0.05) is 9.96 Å². The van der Waals surface area contributed by atoms with Crippen LogP contribution in [0.5, 0.6) is 0 Å². The Kier molecular flexibility index (Phi) is 5.55. The van der Waals surface area contributed by atoms with Crippen molar-refractivity contribution >= 4 is 20.2 Å². The first-order valence-corrected chi connectivity index (χ1v) is 7.26. The summed E-state index contributed by atoms with van der Waals surface area (Å²) in [5, 5.41) is 0. The van der Waals surface area contributed by atoms with Gasteiger partial charge in [0.2, 0.25) is 0 Å². The molecule has 17 heavy (non-hydrogen) atoms. The third-order valence-corrected chi connectivity index (χ3v) is 3.42. The third-order valence-electron chi connectivity index (χ3n) is 1.34. The van der Waals surface area contributed by atoms with Crippen molar-refractivity contribution in [2.45, 2.75) is 6.18 Å². The zero-order valence-corrected chi connectivity index (χ0v) is 9.87. The maximum Gasteiger partial charge on any atom is 0.409 e. The highest BCUT2D eigenvalue weighted by molar-refractivity contribution is 7.91. The topological polar surface area (TPSA) is 80.3 Å². The van der Waals surface area contributed by atoms with Crippen molar-refractivity contribution < 1.29 is 33.9 Å². The van der Waals surface area contributed by atoms with Gasteiger partial charge in [0.25, 0.3) is 0 Å². The zero-order chi connectivity index (χ0) is 13.7. The SMILES string of the molecule is O=S(=O)(CC=CC(F)(F)F)CCNS(=O)(=O)F. The largest absolute Gasteiger partial charge is 0.409 e. The molecule has 0 aliphatic heterocycles. The molecule has 0 aromatic heterocycles. The van der Waals surface area contributed by atoms with E-state index >= 15 is 0 Å². The zero-order valence-electron chi connectivity index (χ0n) is 8.24. The molecule has 0 bridgehead atoms. The maximum absolute atomic E-state index is 11.9. The molecule has 0 rings (SSSR count). The van der Waals surface area contributed by atoms with Crippen LogP contribution in [-0.2, 0) is 20.2 Å². The molecule has 1 N–H and O–H groups in total. The van der Waals surface area contributed by atoms with Crippen molar-refractivity contribution in [1.82, 2.24) is 4.72 Å². The van der Waals surface area contributed by atoms with Crippen LogP contribution in [0.25, 0.3) is 0 Å². The van der Waals surface area contributed by atoms with Gasteiger partial charge in [0.05, 0.1) is 11.5 Å². The second-order valence-corrected chi connectivity index (χ2v) is 6.28. The van der Waals surface area contributed by atoms with Crippen LogP contribution in [0.3, 0.4) is 0 Å². The summed E-state index contributed by atoms with van der Waals surface area (Å²) in [5.74, 6) is -1.70. The highest BCUT2D eigenvalue weighted by Crippen LogP contribution is 2.15. The normalized spacial score (nSPS) is 14.4. The molecule has 0 aromatic rings. The van der Waals surface area contributed by atoms with Gasteiger partial charge in [-0.3, -0.25) is 0 Å². The average molecular weight is 299 g/mol. The Hall–Kier alpha value is -0.680. The van der Waals surface area contributed by atoms with Crippen molar-refractivity contribution in [1.29, 1.82) is 0 Å². The van der Waals surface area contributed by atoms with Crippen LogP contribution in [0, 0.1) is 0 Å². The van der Waals surface area contributed by atoms with E-state index in [0.29, 0.717) is 6.08 Å². The summed E-state index contributed by atoms with van der Waals surface area (Å²) in [5.41, 5.74) is 0. The Morgan fingerprint density at radius 1 is 1.12 bits per heavy atom. The summed E-state index contributed by atoms with van der Waals surface area (Å²) >= 11 is 0. The molecule has 0 heterocycles. The van der Waals surface area contributed by atoms with Crippen LogP contribution in [-0.4, -0.2) is 41.1 Å². The van der Waals surface area contributed by atoms with Gasteiger partial charge in [0.1, 0.15) is 0 Å². The minimum atomic E-state index is -5.00. The lowest BCUT2D eigenvalue weighted by Crippen LogP contribution is -2.27. The van der Waals surface area contributed by atoms with Crippen molar-refractivity contribution in [2.24, 2.45) is 0 Å². The molecule has 0 fully saturated rings. The number of rotatable bonds is 6. The van der Waals surface area contributed by atoms with E-state index in [-0.39, 0.29) is 6.08 Å². The van der Waals surface area contributed by atoms with Crippen LogP contribution < -0.4 is 4.72 Å². The summed E-state index contributed by atoms with van der Waals surface area (Å²) in [4.78, 5) is 0. The van der Waals surface area contributed by atoms with Crippen LogP contribution in [0.4, 0.5) is 17.1 Å². The van der Waals surface area contributed by atoms with Gasteiger partial charge < -0.3 is 0 Å². The molecule has 0 aliphatic rings. The molecule has 0 aromatic carbocycles. The Bertz CT molecular complexity index is 465. The molecular formula is C6H9F4NO4S2. The Morgan fingerprint density at radius 2 is 1.65 bits per heavy atom. The maximum atomic E-state index is 11.9. The highest BCUT2D eigenvalue weighted by Gasteiger charge is 2.22. The molecule has 0 atom stereocenters. The van der Waals surface area contributed by atoms with Gasteiger partial charge in [0.15, 0.2) is 9.84 Å². The summed E-state index contributed by atoms with van der Waals surface area (Å²) in [6.07, 6.45) is -4.47. The minimum Gasteiger partial charge on any atom is -0.228 e. The summed E-state index contributed by atoms with van der Waals surface area (Å²) in [6.45, 7) is -0.735. The van der Waals surface area contributed by atoms with Gasteiger partial charge >= 0.3 is 16.6 Å². The Morgan fingerprint density at radius 3 is 2.06 bits per heavy atom. The smallest absolute Gasteiger partial charge is 0.228 e.